The molecule has 20 heavy (non-hydrogen) atoms. The lowest BCUT2D eigenvalue weighted by molar-refractivity contribution is -0.137. The topological polar surface area (TPSA) is 54.0 Å². The predicted molar refractivity (Wildman–Crippen MR) is 75.6 cm³/mol. The number of aryl methyl sites for hydroxylation is 1. The molecule has 1 rings (SSSR count). The first-order chi connectivity index (χ1) is 9.62. The molecule has 0 aliphatic carbocycles. The van der Waals surface area contributed by atoms with Crippen LogP contribution in [-0.2, 0) is 9.53 Å². The Morgan fingerprint density at radius 3 is 2.30 bits per heavy atom. The summed E-state index contributed by atoms with van der Waals surface area (Å²) in [6.45, 7) is 4.26. The van der Waals surface area contributed by atoms with E-state index in [1.54, 1.807) is 27.2 Å². The summed E-state index contributed by atoms with van der Waals surface area (Å²) in [4.78, 5) is 11.1. The molecule has 110 valence electrons. The quantitative estimate of drug-likeness (QED) is 0.567. The van der Waals surface area contributed by atoms with Gasteiger partial charge in [0.15, 0.2) is 11.5 Å². The molecule has 0 radical (unpaired) electrons. The summed E-state index contributed by atoms with van der Waals surface area (Å²) in [7, 11) is 3.13. The van der Waals surface area contributed by atoms with E-state index in [4.69, 9.17) is 18.9 Å². The van der Waals surface area contributed by atoms with Crippen LogP contribution in [0.2, 0.25) is 0 Å². The van der Waals surface area contributed by atoms with Crippen molar-refractivity contribution in [1.82, 2.24) is 0 Å². The molecule has 0 aromatic heterocycles. The zero-order valence-electron chi connectivity index (χ0n) is 12.3. The van der Waals surface area contributed by atoms with Crippen LogP contribution in [0, 0.1) is 6.92 Å². The second-order valence-corrected chi connectivity index (χ2v) is 3.96. The molecule has 0 spiro atoms. The van der Waals surface area contributed by atoms with E-state index in [0.29, 0.717) is 23.9 Å². The van der Waals surface area contributed by atoms with E-state index >= 15 is 0 Å². The van der Waals surface area contributed by atoms with Crippen molar-refractivity contribution in [2.45, 2.75) is 13.8 Å². The summed E-state index contributed by atoms with van der Waals surface area (Å²) in [6.07, 6.45) is 2.91. The van der Waals surface area contributed by atoms with Crippen LogP contribution in [0.5, 0.6) is 17.2 Å². The Morgan fingerprint density at radius 1 is 1.20 bits per heavy atom. The number of ether oxygens (including phenoxy) is 4. The summed E-state index contributed by atoms with van der Waals surface area (Å²) < 4.78 is 20.9. The summed E-state index contributed by atoms with van der Waals surface area (Å²) >= 11 is 0. The third-order valence-electron chi connectivity index (χ3n) is 2.47. The highest BCUT2D eigenvalue weighted by Gasteiger charge is 2.12. The van der Waals surface area contributed by atoms with E-state index in [2.05, 4.69) is 0 Å². The highest BCUT2D eigenvalue weighted by Crippen LogP contribution is 2.38. The SMILES string of the molecule is CCOC(=O)/C=C/COc1c(OC)cc(C)cc1OC. The molecule has 1 aromatic carbocycles. The van der Waals surface area contributed by atoms with E-state index in [1.165, 1.54) is 6.08 Å². The number of carbonyl (C=O) groups excluding carboxylic acids is 1. The first-order valence-corrected chi connectivity index (χ1v) is 6.31. The zero-order chi connectivity index (χ0) is 15.0. The molecule has 5 heteroatoms. The van der Waals surface area contributed by atoms with Gasteiger partial charge in [-0.25, -0.2) is 4.79 Å². The lowest BCUT2D eigenvalue weighted by atomic mass is 10.2. The number of methoxy groups -OCH3 is 2. The molecule has 0 aliphatic rings. The smallest absolute Gasteiger partial charge is 0.330 e. The zero-order valence-corrected chi connectivity index (χ0v) is 12.3. The number of rotatable bonds is 7. The maximum Gasteiger partial charge on any atom is 0.330 e. The summed E-state index contributed by atoms with van der Waals surface area (Å²) in [5.74, 6) is 1.30. The van der Waals surface area contributed by atoms with Gasteiger partial charge in [-0.15, -0.1) is 0 Å². The molecule has 0 fully saturated rings. The van der Waals surface area contributed by atoms with Crippen LogP contribution in [0.25, 0.3) is 0 Å². The Bertz CT molecular complexity index is 454. The van der Waals surface area contributed by atoms with Gasteiger partial charge < -0.3 is 18.9 Å². The van der Waals surface area contributed by atoms with E-state index in [9.17, 15) is 4.79 Å². The van der Waals surface area contributed by atoms with Crippen LogP contribution in [0.4, 0.5) is 0 Å². The van der Waals surface area contributed by atoms with Gasteiger partial charge in [0.05, 0.1) is 20.8 Å². The van der Waals surface area contributed by atoms with Gasteiger partial charge in [0, 0.05) is 6.08 Å². The van der Waals surface area contributed by atoms with Gasteiger partial charge in [-0.05, 0) is 37.6 Å². The van der Waals surface area contributed by atoms with Crippen molar-refractivity contribution >= 4 is 5.97 Å². The lowest BCUT2D eigenvalue weighted by Crippen LogP contribution is -2.02. The molecular weight excluding hydrogens is 260 g/mol. The molecule has 0 bridgehead atoms. The van der Waals surface area contributed by atoms with Crippen molar-refractivity contribution in [2.75, 3.05) is 27.4 Å². The van der Waals surface area contributed by atoms with Crippen LogP contribution in [-0.4, -0.2) is 33.4 Å². The third kappa shape index (κ3) is 4.50. The van der Waals surface area contributed by atoms with Crippen LogP contribution >= 0.6 is 0 Å². The first kappa shape index (κ1) is 15.9. The minimum absolute atomic E-state index is 0.217. The molecule has 0 N–H and O–H groups in total. The molecule has 0 unspecified atom stereocenters. The Balaban J connectivity index is 2.74. The normalized spacial score (nSPS) is 10.4. The molecule has 0 saturated heterocycles. The molecule has 0 saturated carbocycles. The lowest BCUT2D eigenvalue weighted by Gasteiger charge is -2.14. The molecular formula is C15H20O5. The monoisotopic (exact) mass is 280 g/mol. The summed E-state index contributed by atoms with van der Waals surface area (Å²) in [5.41, 5.74) is 1.01. The summed E-state index contributed by atoms with van der Waals surface area (Å²) in [5, 5.41) is 0. The fourth-order valence-corrected chi connectivity index (χ4v) is 1.62. The fourth-order valence-electron chi connectivity index (χ4n) is 1.62. The van der Waals surface area contributed by atoms with Gasteiger partial charge in [-0.1, -0.05) is 0 Å². The molecule has 1 aromatic rings. The van der Waals surface area contributed by atoms with E-state index in [-0.39, 0.29) is 12.6 Å². The second kappa shape index (κ2) is 8.09. The Morgan fingerprint density at radius 2 is 1.80 bits per heavy atom. The van der Waals surface area contributed by atoms with Crippen LogP contribution < -0.4 is 14.2 Å². The predicted octanol–water partition coefficient (Wildman–Crippen LogP) is 2.51. The number of benzene rings is 1. The third-order valence-corrected chi connectivity index (χ3v) is 2.47. The van der Waals surface area contributed by atoms with E-state index in [0.717, 1.165) is 5.56 Å². The minimum Gasteiger partial charge on any atom is -0.493 e. The van der Waals surface area contributed by atoms with Crippen LogP contribution in [0.15, 0.2) is 24.3 Å². The molecule has 0 amide bonds. The van der Waals surface area contributed by atoms with Gasteiger partial charge in [-0.3, -0.25) is 0 Å². The molecule has 0 atom stereocenters. The van der Waals surface area contributed by atoms with Crippen molar-refractivity contribution in [3.8, 4) is 17.2 Å². The standard InChI is InChI=1S/C15H20O5/c1-5-19-14(16)7-6-8-20-15-12(17-3)9-11(2)10-13(15)18-4/h6-7,9-10H,5,8H2,1-4H3/b7-6+. The van der Waals surface area contributed by atoms with Crippen molar-refractivity contribution in [1.29, 1.82) is 0 Å². The van der Waals surface area contributed by atoms with Crippen molar-refractivity contribution in [2.24, 2.45) is 0 Å². The van der Waals surface area contributed by atoms with Gasteiger partial charge in [0.2, 0.25) is 5.75 Å². The Kier molecular flexibility index (Phi) is 6.43. The average molecular weight is 280 g/mol. The Labute approximate surface area is 119 Å². The largest absolute Gasteiger partial charge is 0.493 e. The van der Waals surface area contributed by atoms with E-state index in [1.807, 2.05) is 19.1 Å². The minimum atomic E-state index is -0.390. The first-order valence-electron chi connectivity index (χ1n) is 6.31. The van der Waals surface area contributed by atoms with Gasteiger partial charge in [0.1, 0.15) is 6.61 Å². The molecule has 0 heterocycles. The van der Waals surface area contributed by atoms with Gasteiger partial charge in [-0.2, -0.15) is 0 Å². The van der Waals surface area contributed by atoms with Gasteiger partial charge in [0.25, 0.3) is 0 Å². The molecule has 5 nitrogen and oxygen atoms in total. The van der Waals surface area contributed by atoms with Gasteiger partial charge >= 0.3 is 5.97 Å². The maximum absolute atomic E-state index is 11.1. The maximum atomic E-state index is 11.1. The average Bonchev–Trinajstić information content (AvgIpc) is 2.44. The van der Waals surface area contributed by atoms with Crippen molar-refractivity contribution < 1.29 is 23.7 Å². The van der Waals surface area contributed by atoms with Crippen molar-refractivity contribution in [3.63, 3.8) is 0 Å². The van der Waals surface area contributed by atoms with E-state index < -0.39 is 0 Å². The highest BCUT2D eigenvalue weighted by atomic mass is 16.5. The van der Waals surface area contributed by atoms with Crippen molar-refractivity contribution in [3.05, 3.63) is 29.8 Å². The summed E-state index contributed by atoms with van der Waals surface area (Å²) in [6, 6.07) is 3.71. The van der Waals surface area contributed by atoms with Crippen LogP contribution in [0.3, 0.4) is 0 Å². The number of hydrogen-bond acceptors (Lipinski definition) is 5. The number of esters is 1. The Hall–Kier alpha value is -2.17. The van der Waals surface area contributed by atoms with Crippen LogP contribution in [0.1, 0.15) is 12.5 Å². The fraction of sp³-hybridized carbons (Fsp3) is 0.400. The number of carbonyl (C=O) groups is 1. The number of hydrogen-bond donors (Lipinski definition) is 0. The second-order valence-electron chi connectivity index (χ2n) is 3.96. The highest BCUT2D eigenvalue weighted by molar-refractivity contribution is 5.81. The molecule has 0 aliphatic heterocycles.